The highest BCUT2D eigenvalue weighted by Crippen LogP contribution is 2.35. The second-order valence-corrected chi connectivity index (χ2v) is 9.10. The summed E-state index contributed by atoms with van der Waals surface area (Å²) < 4.78 is 15.1. The predicted molar refractivity (Wildman–Crippen MR) is 127 cm³/mol. The Balaban J connectivity index is -0.000000176. The molecule has 0 aliphatic carbocycles. The number of nitrogens with zero attached hydrogens (tertiary/aromatic N) is 1. The lowest BCUT2D eigenvalue weighted by atomic mass is 10.1. The van der Waals surface area contributed by atoms with Gasteiger partial charge in [0.05, 0.1) is 21.1 Å². The van der Waals surface area contributed by atoms with Crippen LogP contribution in [0.1, 0.15) is 33.1 Å². The van der Waals surface area contributed by atoms with E-state index in [1.54, 1.807) is 13.8 Å². The minimum Gasteiger partial charge on any atom is -0.480 e. The number of phosphoric acid groups is 1. The number of carboxylic acid groups (broad SMARTS) is 1. The molecular weight excluding hydrogens is 457 g/mol. The Kier molecular flexibility index (Phi) is 23.7. The van der Waals surface area contributed by atoms with E-state index in [2.05, 4.69) is 17.7 Å². The average molecular weight is 501 g/mol. The van der Waals surface area contributed by atoms with Crippen molar-refractivity contribution in [2.24, 2.45) is 22.9 Å². The number of nitrogens with two attached hydrogens (primary N) is 4. The molecule has 0 aliphatic rings. The third-order valence-electron chi connectivity index (χ3n) is 3.15. The second-order valence-electron chi connectivity index (χ2n) is 7.86. The van der Waals surface area contributed by atoms with Crippen molar-refractivity contribution in [2.45, 2.75) is 39.2 Å². The van der Waals surface area contributed by atoms with Crippen molar-refractivity contribution in [2.75, 3.05) is 40.8 Å². The molecule has 0 saturated carbocycles. The molecule has 33 heavy (non-hydrogen) atoms. The number of hydrogen-bond donors (Lipinski definition) is 7. The number of quaternary nitrogens is 1. The highest BCUT2D eigenvalue weighted by Gasteiger charge is 2.16. The molecule has 0 aromatic rings. The number of primary amides is 2. The van der Waals surface area contributed by atoms with E-state index in [4.69, 9.17) is 37.8 Å². The quantitative estimate of drug-likeness (QED) is 0.0823. The number of likely N-dealkylation sites (N-methyl/N-ethyl adjacent to an activating group) is 1. The van der Waals surface area contributed by atoms with Gasteiger partial charge in [-0.15, -0.1) is 0 Å². The fourth-order valence-corrected chi connectivity index (χ4v) is 1.39. The summed E-state index contributed by atoms with van der Waals surface area (Å²) >= 11 is 0. The van der Waals surface area contributed by atoms with Crippen LogP contribution in [0.5, 0.6) is 0 Å². The number of carbonyl (C=O) groups excluding carboxylic acids is 2. The topological polar surface area (TPSA) is 242 Å². The van der Waals surface area contributed by atoms with Gasteiger partial charge >= 0.3 is 13.8 Å². The number of carboxylic acids is 1. The Morgan fingerprint density at radius 3 is 1.58 bits per heavy atom. The van der Waals surface area contributed by atoms with E-state index in [1.807, 2.05) is 21.1 Å². The normalized spacial score (nSPS) is 11.2. The molecule has 0 radical (unpaired) electrons. The largest absolute Gasteiger partial charge is 0.480 e. The third-order valence-corrected chi connectivity index (χ3v) is 3.67. The summed E-state index contributed by atoms with van der Waals surface area (Å²) in [5.41, 5.74) is 20.6. The van der Waals surface area contributed by atoms with Crippen LogP contribution in [0.25, 0.3) is 0 Å². The second kappa shape index (κ2) is 20.5. The number of aliphatic carboxylic acids is 1. The molecule has 0 rings (SSSR count). The summed E-state index contributed by atoms with van der Waals surface area (Å²) in [5.74, 6) is -1.80. The maximum absolute atomic E-state index is 10.2. The van der Waals surface area contributed by atoms with Crippen molar-refractivity contribution in [1.82, 2.24) is 0 Å². The van der Waals surface area contributed by atoms with Crippen LogP contribution < -0.4 is 22.9 Å². The van der Waals surface area contributed by atoms with Crippen molar-refractivity contribution in [3.8, 4) is 0 Å². The number of amides is 2. The molecule has 196 valence electrons. The number of unbranched alkanes of at least 4 members (excludes halogenated alkanes) is 1. The smallest absolute Gasteiger partial charge is 0.469 e. The summed E-state index contributed by atoms with van der Waals surface area (Å²) in [4.78, 5) is 46.4. The number of carbonyl (C=O) groups is 3. The van der Waals surface area contributed by atoms with Gasteiger partial charge in [-0.25, -0.2) is 4.57 Å². The minimum atomic E-state index is -4.26. The summed E-state index contributed by atoms with van der Waals surface area (Å²) in [6, 6.07) is -0.716. The summed E-state index contributed by atoms with van der Waals surface area (Å²) in [6.07, 6.45) is 2.16. The molecule has 0 saturated heterocycles. The van der Waals surface area contributed by atoms with Crippen LogP contribution in [0.4, 0.5) is 0 Å². The van der Waals surface area contributed by atoms with E-state index >= 15 is 0 Å². The molecular formula is C19H43N5O8P+. The first kappa shape index (κ1) is 38.2. The highest BCUT2D eigenvalue weighted by atomic mass is 31.2. The Morgan fingerprint density at radius 1 is 1.00 bits per heavy atom. The molecule has 14 heteroatoms. The Hall–Kier alpha value is -2.12. The summed E-state index contributed by atoms with van der Waals surface area (Å²) in [5, 5.41) is 8.33. The van der Waals surface area contributed by atoms with Crippen LogP contribution in [0.3, 0.4) is 0 Å². The van der Waals surface area contributed by atoms with Crippen LogP contribution in [0.2, 0.25) is 0 Å². The van der Waals surface area contributed by atoms with Gasteiger partial charge in [-0.05, 0) is 33.2 Å². The van der Waals surface area contributed by atoms with Crippen molar-refractivity contribution < 1.29 is 42.8 Å². The van der Waals surface area contributed by atoms with E-state index in [9.17, 15) is 18.9 Å². The molecule has 11 N–H and O–H groups in total. The lowest BCUT2D eigenvalue weighted by Gasteiger charge is -2.23. The molecule has 0 aliphatic heterocycles. The fraction of sp³-hybridized carbons (Fsp3) is 0.632. The van der Waals surface area contributed by atoms with Gasteiger partial charge in [-0.3, -0.25) is 18.9 Å². The SMILES string of the molecule is C=C(C)C(N)=O.C=C(C)C(N)=O.C[N+](C)(C)CCOP(=O)(O)O.NCCCC[C@H](N)C(=O)O. The molecule has 0 heterocycles. The van der Waals surface area contributed by atoms with Crippen molar-refractivity contribution in [3.63, 3.8) is 0 Å². The molecule has 1 atom stereocenters. The maximum atomic E-state index is 10.2. The van der Waals surface area contributed by atoms with Gasteiger partial charge in [-0.1, -0.05) is 19.6 Å². The van der Waals surface area contributed by atoms with Crippen LogP contribution in [0, 0.1) is 0 Å². The first-order valence-corrected chi connectivity index (χ1v) is 11.3. The van der Waals surface area contributed by atoms with Gasteiger partial charge in [0.25, 0.3) is 0 Å². The summed E-state index contributed by atoms with van der Waals surface area (Å²) in [7, 11) is 1.50. The van der Waals surface area contributed by atoms with Crippen LogP contribution in [-0.2, 0) is 23.5 Å². The zero-order valence-corrected chi connectivity index (χ0v) is 21.2. The van der Waals surface area contributed by atoms with E-state index < -0.39 is 31.6 Å². The lowest BCUT2D eigenvalue weighted by molar-refractivity contribution is -0.870. The Bertz CT molecular complexity index is 611. The van der Waals surface area contributed by atoms with E-state index in [1.165, 1.54) is 0 Å². The van der Waals surface area contributed by atoms with Gasteiger partial charge in [0.1, 0.15) is 19.2 Å². The van der Waals surface area contributed by atoms with E-state index in [-0.39, 0.29) is 6.61 Å². The molecule has 0 aromatic heterocycles. The van der Waals surface area contributed by atoms with Crippen molar-refractivity contribution >= 4 is 25.6 Å². The van der Waals surface area contributed by atoms with Crippen LogP contribution >= 0.6 is 7.82 Å². The average Bonchev–Trinajstić information content (AvgIpc) is 2.60. The lowest BCUT2D eigenvalue weighted by Crippen LogP contribution is -2.37. The van der Waals surface area contributed by atoms with Crippen molar-refractivity contribution in [1.29, 1.82) is 0 Å². The van der Waals surface area contributed by atoms with Gasteiger partial charge in [0.2, 0.25) is 11.8 Å². The van der Waals surface area contributed by atoms with Gasteiger partial charge in [0.15, 0.2) is 0 Å². The first-order valence-electron chi connectivity index (χ1n) is 9.77. The molecule has 0 fully saturated rings. The number of phosphoric ester groups is 1. The Labute approximate surface area is 196 Å². The maximum Gasteiger partial charge on any atom is 0.469 e. The van der Waals surface area contributed by atoms with Gasteiger partial charge < -0.3 is 42.3 Å². The van der Waals surface area contributed by atoms with E-state index in [0.717, 1.165) is 12.8 Å². The highest BCUT2D eigenvalue weighted by molar-refractivity contribution is 7.46. The number of hydrogen-bond acceptors (Lipinski definition) is 7. The zero-order chi connectivity index (χ0) is 27.4. The minimum absolute atomic E-state index is 0.0772. The van der Waals surface area contributed by atoms with Gasteiger partial charge in [-0.2, -0.15) is 0 Å². The number of rotatable bonds is 11. The van der Waals surface area contributed by atoms with Crippen LogP contribution in [-0.4, -0.2) is 84.0 Å². The summed E-state index contributed by atoms with van der Waals surface area (Å²) in [6.45, 7) is 11.0. The predicted octanol–water partition coefficient (Wildman–Crippen LogP) is -0.575. The zero-order valence-electron chi connectivity index (χ0n) is 20.3. The van der Waals surface area contributed by atoms with Crippen molar-refractivity contribution in [3.05, 3.63) is 24.3 Å². The first-order chi connectivity index (χ1) is 14.7. The Morgan fingerprint density at radius 2 is 1.36 bits per heavy atom. The van der Waals surface area contributed by atoms with Gasteiger partial charge in [0, 0.05) is 11.1 Å². The standard InChI is InChI=1S/C6H14N2O2.C5H14NO4P.2C4H7NO/c7-4-2-1-3-5(8)6(9)10;1-6(2,3)4-5-10-11(7,8)9;2*1-3(2)4(5)6/h5H,1-4,7-8H2,(H,9,10);4-5H2,1-3H3,(H-,7,8,9);2*1H2,2H3,(H2,5,6)/p+1/t5-;;;/m0.../s1. The molecule has 2 amide bonds. The molecule has 0 spiro atoms. The molecule has 0 unspecified atom stereocenters. The third kappa shape index (κ3) is 44.4. The monoisotopic (exact) mass is 500 g/mol. The molecule has 0 bridgehead atoms. The molecule has 0 aromatic carbocycles. The molecule has 13 nitrogen and oxygen atoms in total. The fourth-order valence-electron chi connectivity index (χ4n) is 1.07. The van der Waals surface area contributed by atoms with Crippen LogP contribution in [0.15, 0.2) is 24.3 Å². The van der Waals surface area contributed by atoms with E-state index in [0.29, 0.717) is 35.1 Å².